The predicted octanol–water partition coefficient (Wildman–Crippen LogP) is 6.96. The molecule has 1 fully saturated rings. The van der Waals surface area contributed by atoms with Gasteiger partial charge in [0.2, 0.25) is 0 Å². The van der Waals surface area contributed by atoms with Gasteiger partial charge < -0.3 is 9.72 Å². The van der Waals surface area contributed by atoms with Crippen LogP contribution in [-0.2, 0) is 13.1 Å². The first-order valence-corrected chi connectivity index (χ1v) is 13.8. The molecule has 0 radical (unpaired) electrons. The maximum atomic E-state index is 12.6. The number of nitrogens with zero attached hydrogens (tertiary/aromatic N) is 3. The topological polar surface area (TPSA) is 44.4 Å². The van der Waals surface area contributed by atoms with Gasteiger partial charge in [-0.1, -0.05) is 78.9 Å². The van der Waals surface area contributed by atoms with Crippen LogP contribution >= 0.6 is 0 Å². The van der Waals surface area contributed by atoms with Crippen molar-refractivity contribution < 1.29 is 17.9 Å². The van der Waals surface area contributed by atoms with Crippen LogP contribution in [0.1, 0.15) is 34.0 Å². The van der Waals surface area contributed by atoms with Crippen LogP contribution in [0.15, 0.2) is 103 Å². The Kier molecular flexibility index (Phi) is 7.76. The van der Waals surface area contributed by atoms with E-state index in [1.165, 1.54) is 28.8 Å². The summed E-state index contributed by atoms with van der Waals surface area (Å²) in [6.07, 6.45) is -4.68. The monoisotopic (exact) mass is 556 g/mol. The van der Waals surface area contributed by atoms with E-state index in [4.69, 9.17) is 4.98 Å². The average molecular weight is 557 g/mol. The van der Waals surface area contributed by atoms with Gasteiger partial charge in [0, 0.05) is 39.3 Å². The number of fused-ring (bicyclic) bond motifs is 1. The Hall–Kier alpha value is -4.14. The number of benzene rings is 4. The van der Waals surface area contributed by atoms with E-state index in [0.29, 0.717) is 6.54 Å². The largest absolute Gasteiger partial charge is 0.573 e. The first-order valence-electron chi connectivity index (χ1n) is 13.8. The molecule has 5 nitrogen and oxygen atoms in total. The quantitative estimate of drug-likeness (QED) is 0.225. The molecular formula is C33H31F3N4O. The molecule has 1 saturated heterocycles. The van der Waals surface area contributed by atoms with Gasteiger partial charge in [0.05, 0.1) is 17.0 Å². The standard InChI is InChI=1S/C33H31F3N4O/c34-33(35,36)41-28-13-7-8-24(20-28)22-39-16-18-40(19-17-39)23-25-14-15-29-30(21-25)38-32(37-29)31(26-9-3-1-4-10-26)27-11-5-2-6-12-27/h1-15,20-21,31H,16-19,22-23H2,(H,37,38). The van der Waals surface area contributed by atoms with E-state index < -0.39 is 6.36 Å². The molecule has 41 heavy (non-hydrogen) atoms. The molecule has 0 bridgehead atoms. The van der Waals surface area contributed by atoms with Gasteiger partial charge in [0.1, 0.15) is 11.6 Å². The molecule has 4 aromatic carbocycles. The first kappa shape index (κ1) is 27.1. The summed E-state index contributed by atoms with van der Waals surface area (Å²) in [6.45, 7) is 4.86. The van der Waals surface area contributed by atoms with E-state index in [1.54, 1.807) is 6.07 Å². The number of hydrogen-bond donors (Lipinski definition) is 1. The average Bonchev–Trinajstić information content (AvgIpc) is 3.37. The molecule has 1 aliphatic heterocycles. The molecule has 0 amide bonds. The summed E-state index contributed by atoms with van der Waals surface area (Å²) in [5.74, 6) is 0.763. The zero-order chi connectivity index (χ0) is 28.2. The number of ether oxygens (including phenoxy) is 1. The Morgan fingerprint density at radius 1 is 0.707 bits per heavy atom. The Morgan fingerprint density at radius 2 is 1.29 bits per heavy atom. The molecule has 8 heteroatoms. The molecule has 0 saturated carbocycles. The second-order valence-corrected chi connectivity index (χ2v) is 10.5. The third-order valence-corrected chi connectivity index (χ3v) is 7.51. The van der Waals surface area contributed by atoms with Crippen LogP contribution in [0.5, 0.6) is 5.75 Å². The van der Waals surface area contributed by atoms with Crippen LogP contribution in [0.2, 0.25) is 0 Å². The maximum Gasteiger partial charge on any atom is 0.573 e. The first-order chi connectivity index (χ1) is 19.9. The lowest BCUT2D eigenvalue weighted by atomic mass is 9.91. The Balaban J connectivity index is 1.11. The van der Waals surface area contributed by atoms with E-state index >= 15 is 0 Å². The molecule has 6 rings (SSSR count). The van der Waals surface area contributed by atoms with Crippen molar-refractivity contribution >= 4 is 11.0 Å². The normalized spacial score (nSPS) is 15.0. The molecule has 1 aromatic heterocycles. The number of hydrogen-bond acceptors (Lipinski definition) is 4. The molecule has 0 unspecified atom stereocenters. The summed E-state index contributed by atoms with van der Waals surface area (Å²) in [7, 11) is 0. The maximum absolute atomic E-state index is 12.6. The summed E-state index contributed by atoms with van der Waals surface area (Å²) in [5.41, 5.74) is 6.36. The van der Waals surface area contributed by atoms with E-state index in [2.05, 4.69) is 86.3 Å². The minimum absolute atomic E-state index is 0.0158. The Morgan fingerprint density at radius 3 is 1.88 bits per heavy atom. The van der Waals surface area contributed by atoms with Gasteiger partial charge in [-0.2, -0.15) is 0 Å². The van der Waals surface area contributed by atoms with Gasteiger partial charge in [-0.05, 0) is 46.5 Å². The van der Waals surface area contributed by atoms with Crippen molar-refractivity contribution in [3.8, 4) is 5.75 Å². The Bertz CT molecular complexity index is 1540. The number of halogens is 3. The fraction of sp³-hybridized carbons (Fsp3) is 0.242. The lowest BCUT2D eigenvalue weighted by Crippen LogP contribution is -2.45. The minimum atomic E-state index is -4.68. The highest BCUT2D eigenvalue weighted by Crippen LogP contribution is 2.31. The van der Waals surface area contributed by atoms with E-state index in [1.807, 2.05) is 18.2 Å². The number of piperazine rings is 1. The molecule has 0 atom stereocenters. The molecule has 1 aliphatic rings. The molecular weight excluding hydrogens is 525 g/mol. The van der Waals surface area contributed by atoms with Gasteiger partial charge in [0.15, 0.2) is 0 Å². The van der Waals surface area contributed by atoms with Gasteiger partial charge in [-0.25, -0.2) is 4.98 Å². The SMILES string of the molecule is FC(F)(F)Oc1cccc(CN2CCN(Cc3ccc4[nH]c(C(c5ccccc5)c5ccccc5)nc4c3)CC2)c1. The van der Waals surface area contributed by atoms with E-state index in [0.717, 1.165) is 55.1 Å². The molecule has 210 valence electrons. The number of aromatic nitrogens is 2. The third kappa shape index (κ3) is 6.78. The molecule has 0 aliphatic carbocycles. The summed E-state index contributed by atoms with van der Waals surface area (Å²) in [5, 5.41) is 0. The summed E-state index contributed by atoms with van der Waals surface area (Å²) < 4.78 is 41.8. The lowest BCUT2D eigenvalue weighted by molar-refractivity contribution is -0.274. The predicted molar refractivity (Wildman–Crippen MR) is 154 cm³/mol. The van der Waals surface area contributed by atoms with Crippen molar-refractivity contribution in [2.45, 2.75) is 25.4 Å². The van der Waals surface area contributed by atoms with Crippen molar-refractivity contribution in [1.82, 2.24) is 19.8 Å². The van der Waals surface area contributed by atoms with Crippen molar-refractivity contribution in [1.29, 1.82) is 0 Å². The van der Waals surface area contributed by atoms with Crippen molar-refractivity contribution in [2.24, 2.45) is 0 Å². The van der Waals surface area contributed by atoms with Gasteiger partial charge in [-0.3, -0.25) is 9.80 Å². The van der Waals surface area contributed by atoms with Crippen LogP contribution < -0.4 is 4.74 Å². The lowest BCUT2D eigenvalue weighted by Gasteiger charge is -2.34. The molecule has 0 spiro atoms. The van der Waals surface area contributed by atoms with Crippen molar-refractivity contribution in [3.05, 3.63) is 131 Å². The minimum Gasteiger partial charge on any atom is -0.406 e. The van der Waals surface area contributed by atoms with Crippen LogP contribution in [0.4, 0.5) is 13.2 Å². The zero-order valence-corrected chi connectivity index (χ0v) is 22.5. The number of imidazole rings is 1. The van der Waals surface area contributed by atoms with E-state index in [9.17, 15) is 13.2 Å². The summed E-state index contributed by atoms with van der Waals surface area (Å²) >= 11 is 0. The number of alkyl halides is 3. The van der Waals surface area contributed by atoms with Crippen molar-refractivity contribution in [3.63, 3.8) is 0 Å². The van der Waals surface area contributed by atoms with Crippen molar-refractivity contribution in [2.75, 3.05) is 26.2 Å². The smallest absolute Gasteiger partial charge is 0.406 e. The zero-order valence-electron chi connectivity index (χ0n) is 22.5. The second-order valence-electron chi connectivity index (χ2n) is 10.5. The van der Waals surface area contributed by atoms with E-state index in [-0.39, 0.29) is 11.7 Å². The number of nitrogens with one attached hydrogen (secondary N) is 1. The fourth-order valence-electron chi connectivity index (χ4n) is 5.57. The van der Waals surface area contributed by atoms with Crippen LogP contribution in [-0.4, -0.2) is 52.3 Å². The summed E-state index contributed by atoms with van der Waals surface area (Å²) in [4.78, 5) is 13.3. The molecule has 1 N–H and O–H groups in total. The number of rotatable bonds is 8. The van der Waals surface area contributed by atoms with Gasteiger partial charge in [0.25, 0.3) is 0 Å². The number of aromatic amines is 1. The highest BCUT2D eigenvalue weighted by Gasteiger charge is 2.31. The molecule has 5 aromatic rings. The van der Waals surface area contributed by atoms with Gasteiger partial charge in [-0.15, -0.1) is 13.2 Å². The third-order valence-electron chi connectivity index (χ3n) is 7.51. The summed E-state index contributed by atoms with van der Waals surface area (Å²) in [6, 6.07) is 33.5. The number of H-pyrrole nitrogens is 1. The second kappa shape index (κ2) is 11.8. The van der Waals surface area contributed by atoms with Crippen LogP contribution in [0, 0.1) is 0 Å². The highest BCUT2D eigenvalue weighted by atomic mass is 19.4. The van der Waals surface area contributed by atoms with Crippen LogP contribution in [0.25, 0.3) is 11.0 Å². The van der Waals surface area contributed by atoms with Gasteiger partial charge >= 0.3 is 6.36 Å². The highest BCUT2D eigenvalue weighted by molar-refractivity contribution is 5.76. The fourth-order valence-corrected chi connectivity index (χ4v) is 5.57. The Labute approximate surface area is 237 Å². The van der Waals surface area contributed by atoms with Crippen LogP contribution in [0.3, 0.4) is 0 Å². The molecule has 2 heterocycles.